The summed E-state index contributed by atoms with van der Waals surface area (Å²) < 4.78 is 28.1. The highest BCUT2D eigenvalue weighted by Crippen LogP contribution is 2.34. The predicted octanol–water partition coefficient (Wildman–Crippen LogP) is 2.88. The molecule has 2 aliphatic heterocycles. The van der Waals surface area contributed by atoms with E-state index in [2.05, 4.69) is 9.97 Å². The van der Waals surface area contributed by atoms with Crippen LogP contribution in [0.1, 0.15) is 19.2 Å². The Hall–Kier alpha value is -2.62. The lowest BCUT2D eigenvalue weighted by atomic mass is 9.99. The second kappa shape index (κ2) is 7.75. The summed E-state index contributed by atoms with van der Waals surface area (Å²) >= 11 is 5.96. The SMILES string of the molecule is Cc1nc2c(-c3ccc(Cl)cc3F)nc(N3CC(C)OC4(CCOC4)C3)nc2c(=O)n1C. The minimum absolute atomic E-state index is 0.0839. The maximum atomic E-state index is 14.9. The molecular weight excluding hydrogens is 437 g/mol. The van der Waals surface area contributed by atoms with Gasteiger partial charge in [-0.15, -0.1) is 0 Å². The lowest BCUT2D eigenvalue weighted by Gasteiger charge is -2.42. The second-order valence-electron chi connectivity index (χ2n) is 8.51. The monoisotopic (exact) mass is 459 g/mol. The maximum Gasteiger partial charge on any atom is 0.279 e. The van der Waals surface area contributed by atoms with E-state index >= 15 is 0 Å². The first-order valence-corrected chi connectivity index (χ1v) is 10.9. The summed E-state index contributed by atoms with van der Waals surface area (Å²) in [5.41, 5.74) is 0.114. The van der Waals surface area contributed by atoms with Crippen molar-refractivity contribution in [3.8, 4) is 11.3 Å². The Kier molecular flexibility index (Phi) is 5.15. The van der Waals surface area contributed by atoms with Crippen LogP contribution in [0.4, 0.5) is 10.3 Å². The number of morpholine rings is 1. The van der Waals surface area contributed by atoms with E-state index in [1.165, 1.54) is 10.6 Å². The molecule has 1 spiro atoms. The lowest BCUT2D eigenvalue weighted by molar-refractivity contribution is -0.0992. The summed E-state index contributed by atoms with van der Waals surface area (Å²) in [4.78, 5) is 28.9. The number of ether oxygens (including phenoxy) is 2. The van der Waals surface area contributed by atoms with Crippen LogP contribution in [-0.2, 0) is 16.5 Å². The molecule has 2 aliphatic rings. The largest absolute Gasteiger partial charge is 0.378 e. The highest BCUT2D eigenvalue weighted by Gasteiger charge is 2.43. The van der Waals surface area contributed by atoms with Crippen molar-refractivity contribution >= 4 is 28.6 Å². The van der Waals surface area contributed by atoms with Gasteiger partial charge < -0.3 is 14.4 Å². The number of aromatic nitrogens is 4. The van der Waals surface area contributed by atoms with Crippen LogP contribution < -0.4 is 10.5 Å². The van der Waals surface area contributed by atoms with Crippen molar-refractivity contribution in [1.29, 1.82) is 0 Å². The molecule has 4 heterocycles. The Morgan fingerprint density at radius 1 is 1.25 bits per heavy atom. The highest BCUT2D eigenvalue weighted by atomic mass is 35.5. The second-order valence-corrected chi connectivity index (χ2v) is 8.95. The third kappa shape index (κ3) is 3.54. The summed E-state index contributed by atoms with van der Waals surface area (Å²) in [7, 11) is 1.64. The normalized spacial score (nSPS) is 23.4. The fourth-order valence-corrected chi connectivity index (χ4v) is 4.59. The zero-order chi connectivity index (χ0) is 22.6. The van der Waals surface area contributed by atoms with Crippen LogP contribution >= 0.6 is 11.6 Å². The number of nitrogens with zero attached hydrogens (tertiary/aromatic N) is 5. The van der Waals surface area contributed by atoms with Gasteiger partial charge in [-0.1, -0.05) is 11.6 Å². The van der Waals surface area contributed by atoms with Crippen molar-refractivity contribution < 1.29 is 13.9 Å². The standard InChI is InChI=1S/C22H23ClFN5O3/c1-12-9-29(10-22(32-12)6-7-31-11-22)21-26-17(15-5-4-14(23)8-16(15)24)18-19(27-21)20(30)28(3)13(2)25-18/h4-5,8,12H,6-7,9-11H2,1-3H3. The first-order valence-electron chi connectivity index (χ1n) is 10.5. The average molecular weight is 460 g/mol. The number of fused-ring (bicyclic) bond motifs is 1. The van der Waals surface area contributed by atoms with E-state index in [9.17, 15) is 9.18 Å². The predicted molar refractivity (Wildman–Crippen MR) is 119 cm³/mol. The minimum atomic E-state index is -0.542. The highest BCUT2D eigenvalue weighted by molar-refractivity contribution is 6.30. The number of rotatable bonds is 2. The molecule has 0 N–H and O–H groups in total. The molecule has 10 heteroatoms. The average Bonchev–Trinajstić information content (AvgIpc) is 3.18. The van der Waals surface area contributed by atoms with E-state index in [1.807, 2.05) is 11.8 Å². The Labute approximate surface area is 189 Å². The molecule has 2 fully saturated rings. The Balaban J connectivity index is 1.73. The van der Waals surface area contributed by atoms with Gasteiger partial charge in [0.25, 0.3) is 5.56 Å². The zero-order valence-electron chi connectivity index (χ0n) is 18.1. The lowest BCUT2D eigenvalue weighted by Crippen LogP contribution is -2.56. The number of hydrogen-bond donors (Lipinski definition) is 0. The molecule has 2 aromatic heterocycles. The Morgan fingerprint density at radius 2 is 2.06 bits per heavy atom. The van der Waals surface area contributed by atoms with Crippen LogP contribution in [0.2, 0.25) is 5.02 Å². The van der Waals surface area contributed by atoms with Gasteiger partial charge >= 0.3 is 0 Å². The summed E-state index contributed by atoms with van der Waals surface area (Å²) in [6.45, 7) is 5.87. The van der Waals surface area contributed by atoms with Gasteiger partial charge in [-0.2, -0.15) is 0 Å². The number of halogens is 2. The van der Waals surface area contributed by atoms with Gasteiger partial charge in [-0.3, -0.25) is 9.36 Å². The Bertz CT molecular complexity index is 1270. The van der Waals surface area contributed by atoms with Gasteiger partial charge in [0.1, 0.15) is 28.5 Å². The van der Waals surface area contributed by atoms with Gasteiger partial charge in [0, 0.05) is 37.2 Å². The fourth-order valence-electron chi connectivity index (χ4n) is 4.43. The molecule has 32 heavy (non-hydrogen) atoms. The molecule has 168 valence electrons. The van der Waals surface area contributed by atoms with Crippen LogP contribution in [0.3, 0.4) is 0 Å². The molecule has 0 amide bonds. The molecule has 0 radical (unpaired) electrons. The molecule has 2 atom stereocenters. The third-order valence-corrected chi connectivity index (χ3v) is 6.32. The molecule has 5 rings (SSSR count). The van der Waals surface area contributed by atoms with E-state index in [0.717, 1.165) is 6.42 Å². The molecule has 0 bridgehead atoms. The quantitative estimate of drug-likeness (QED) is 0.582. The summed E-state index contributed by atoms with van der Waals surface area (Å²) in [5.74, 6) is 0.280. The topological polar surface area (TPSA) is 82.4 Å². The molecule has 0 saturated carbocycles. The van der Waals surface area contributed by atoms with Gasteiger partial charge in [-0.05, 0) is 32.0 Å². The van der Waals surface area contributed by atoms with Crippen molar-refractivity contribution in [3.05, 3.63) is 45.2 Å². The van der Waals surface area contributed by atoms with Gasteiger partial charge in [0.2, 0.25) is 5.95 Å². The molecule has 8 nitrogen and oxygen atoms in total. The molecule has 2 unspecified atom stereocenters. The van der Waals surface area contributed by atoms with Crippen molar-refractivity contribution in [2.24, 2.45) is 7.05 Å². The van der Waals surface area contributed by atoms with E-state index in [-0.39, 0.29) is 39.0 Å². The first-order chi connectivity index (χ1) is 15.3. The van der Waals surface area contributed by atoms with Crippen LogP contribution in [0.25, 0.3) is 22.3 Å². The van der Waals surface area contributed by atoms with Gasteiger partial charge in [0.15, 0.2) is 5.52 Å². The van der Waals surface area contributed by atoms with Crippen LogP contribution in [0, 0.1) is 12.7 Å². The number of aryl methyl sites for hydroxylation is 1. The zero-order valence-corrected chi connectivity index (χ0v) is 18.8. The van der Waals surface area contributed by atoms with Crippen molar-refractivity contribution in [2.45, 2.75) is 32.0 Å². The number of hydrogen-bond acceptors (Lipinski definition) is 7. The van der Waals surface area contributed by atoms with Crippen LogP contribution in [0.5, 0.6) is 0 Å². The maximum absolute atomic E-state index is 14.9. The summed E-state index contributed by atoms with van der Waals surface area (Å²) in [6, 6.07) is 4.36. The molecule has 0 aliphatic carbocycles. The first kappa shape index (κ1) is 21.2. The fraction of sp³-hybridized carbons (Fsp3) is 0.455. The molecule has 2 saturated heterocycles. The minimum Gasteiger partial charge on any atom is -0.378 e. The molecule has 1 aromatic carbocycles. The third-order valence-electron chi connectivity index (χ3n) is 6.08. The number of benzene rings is 1. The van der Waals surface area contributed by atoms with Gasteiger partial charge in [-0.25, -0.2) is 19.3 Å². The van der Waals surface area contributed by atoms with E-state index in [4.69, 9.17) is 26.1 Å². The summed E-state index contributed by atoms with van der Waals surface area (Å²) in [5, 5.41) is 0.273. The molecule has 3 aromatic rings. The molecular formula is C22H23ClFN5O3. The van der Waals surface area contributed by atoms with Crippen LogP contribution in [-0.4, -0.2) is 57.5 Å². The van der Waals surface area contributed by atoms with Crippen molar-refractivity contribution in [2.75, 3.05) is 31.2 Å². The summed E-state index contributed by atoms with van der Waals surface area (Å²) in [6.07, 6.45) is 0.683. The smallest absolute Gasteiger partial charge is 0.279 e. The van der Waals surface area contributed by atoms with Crippen molar-refractivity contribution in [3.63, 3.8) is 0 Å². The van der Waals surface area contributed by atoms with Crippen LogP contribution in [0.15, 0.2) is 23.0 Å². The van der Waals surface area contributed by atoms with E-state index < -0.39 is 11.4 Å². The Morgan fingerprint density at radius 3 is 2.78 bits per heavy atom. The van der Waals surface area contributed by atoms with Crippen molar-refractivity contribution in [1.82, 2.24) is 19.5 Å². The number of anilines is 1. The van der Waals surface area contributed by atoms with E-state index in [0.29, 0.717) is 38.1 Å². The van der Waals surface area contributed by atoms with E-state index in [1.54, 1.807) is 26.1 Å². The van der Waals surface area contributed by atoms with Gasteiger partial charge in [0.05, 0.1) is 19.3 Å².